The van der Waals surface area contributed by atoms with E-state index in [-0.39, 0.29) is 5.76 Å². The number of benzene rings is 1. The second-order valence-electron chi connectivity index (χ2n) is 6.27. The maximum Gasteiger partial charge on any atom is 0.239 e. The summed E-state index contributed by atoms with van der Waals surface area (Å²) in [6.45, 7) is 6.05. The van der Waals surface area contributed by atoms with Crippen LogP contribution in [0.4, 0.5) is 5.69 Å². The van der Waals surface area contributed by atoms with E-state index >= 15 is 0 Å². The first kappa shape index (κ1) is 19.5. The van der Waals surface area contributed by atoms with Crippen LogP contribution in [0.1, 0.15) is 21.6 Å². The standard InChI is InChI=1S/C21H19ClN2OS2/c1-13-6-5-11-24(12-13)19(20(25)17-9-10-18(22)27-17)21(26)23-16-8-4-7-14(2)15(16)3/h4-12H,1-3H3,(H-,23,25,26). The van der Waals surface area contributed by atoms with Crippen molar-refractivity contribution in [1.29, 1.82) is 0 Å². The maximum atomic E-state index is 13.2. The average Bonchev–Trinajstić information content (AvgIpc) is 3.06. The molecule has 0 fully saturated rings. The number of thiophene rings is 1. The molecule has 3 aromatic rings. The molecule has 0 saturated carbocycles. The Morgan fingerprint density at radius 3 is 2.56 bits per heavy atom. The summed E-state index contributed by atoms with van der Waals surface area (Å²) in [6, 6.07) is 13.3. The van der Waals surface area contributed by atoms with Crippen molar-refractivity contribution in [3.8, 4) is 0 Å². The first-order chi connectivity index (χ1) is 12.9. The molecule has 0 bridgehead atoms. The van der Waals surface area contributed by atoms with Gasteiger partial charge >= 0.3 is 0 Å². The number of thiocarbonyl (C=S) groups is 1. The molecule has 27 heavy (non-hydrogen) atoms. The van der Waals surface area contributed by atoms with Crippen molar-refractivity contribution in [3.05, 3.63) is 80.8 Å². The summed E-state index contributed by atoms with van der Waals surface area (Å²) in [4.78, 5) is 0.919. The predicted molar refractivity (Wildman–Crippen MR) is 116 cm³/mol. The number of nitrogens with zero attached hydrogens (tertiary/aromatic N) is 1. The average molecular weight is 415 g/mol. The third kappa shape index (κ3) is 4.38. The molecular formula is C21H19ClN2OS2. The monoisotopic (exact) mass is 414 g/mol. The van der Waals surface area contributed by atoms with Crippen LogP contribution in [0.3, 0.4) is 0 Å². The van der Waals surface area contributed by atoms with Gasteiger partial charge in [0.15, 0.2) is 17.4 Å². The smallest absolute Gasteiger partial charge is 0.239 e. The van der Waals surface area contributed by atoms with E-state index in [0.717, 1.165) is 22.4 Å². The van der Waals surface area contributed by atoms with Gasteiger partial charge in [-0.05, 0) is 61.9 Å². The largest absolute Gasteiger partial charge is 0.867 e. The van der Waals surface area contributed by atoms with Gasteiger partial charge in [0.2, 0.25) is 5.70 Å². The van der Waals surface area contributed by atoms with Crippen molar-refractivity contribution in [2.24, 2.45) is 0 Å². The fourth-order valence-corrected chi connectivity index (χ4v) is 3.98. The van der Waals surface area contributed by atoms with Crippen LogP contribution in [-0.2, 0) is 0 Å². The Balaban J connectivity index is 2.09. The first-order valence-electron chi connectivity index (χ1n) is 8.39. The van der Waals surface area contributed by atoms with E-state index in [0.29, 0.717) is 19.9 Å². The van der Waals surface area contributed by atoms with Gasteiger partial charge in [0.25, 0.3) is 0 Å². The maximum absolute atomic E-state index is 13.2. The minimum absolute atomic E-state index is 0.162. The zero-order valence-corrected chi connectivity index (χ0v) is 17.6. The molecule has 2 aromatic heterocycles. The molecule has 3 rings (SSSR count). The van der Waals surface area contributed by atoms with E-state index in [9.17, 15) is 5.11 Å². The van der Waals surface area contributed by atoms with Gasteiger partial charge in [0.05, 0.1) is 4.34 Å². The van der Waals surface area contributed by atoms with E-state index in [1.54, 1.807) is 16.7 Å². The molecular weight excluding hydrogens is 396 g/mol. The minimum atomic E-state index is -0.162. The number of nitrogens with one attached hydrogen (secondary N) is 1. The molecule has 0 unspecified atom stereocenters. The predicted octanol–water partition coefficient (Wildman–Crippen LogP) is 4.74. The van der Waals surface area contributed by atoms with Gasteiger partial charge in [-0.2, -0.15) is 4.57 Å². The lowest BCUT2D eigenvalue weighted by Gasteiger charge is -2.17. The Labute approximate surface area is 173 Å². The number of rotatable bonds is 4. The van der Waals surface area contributed by atoms with Crippen LogP contribution in [0.25, 0.3) is 11.5 Å². The molecule has 1 aromatic carbocycles. The summed E-state index contributed by atoms with van der Waals surface area (Å²) in [7, 11) is 0. The lowest BCUT2D eigenvalue weighted by Crippen LogP contribution is -2.40. The number of hydrogen-bond donors (Lipinski definition) is 1. The summed E-state index contributed by atoms with van der Waals surface area (Å²) in [5, 5.41) is 16.5. The van der Waals surface area contributed by atoms with Gasteiger partial charge in [-0.1, -0.05) is 36.0 Å². The zero-order chi connectivity index (χ0) is 19.6. The molecule has 138 valence electrons. The molecule has 0 amide bonds. The fraction of sp³-hybridized carbons (Fsp3) is 0.143. The molecule has 3 nitrogen and oxygen atoms in total. The molecule has 0 atom stereocenters. The van der Waals surface area contributed by atoms with E-state index < -0.39 is 0 Å². The highest BCUT2D eigenvalue weighted by atomic mass is 35.5. The Morgan fingerprint density at radius 1 is 1.11 bits per heavy atom. The summed E-state index contributed by atoms with van der Waals surface area (Å²) < 4.78 is 2.34. The Hall–Kier alpha value is -2.21. The number of anilines is 1. The lowest BCUT2D eigenvalue weighted by atomic mass is 10.1. The van der Waals surface area contributed by atoms with E-state index in [1.165, 1.54) is 11.3 Å². The highest BCUT2D eigenvalue weighted by Crippen LogP contribution is 2.28. The number of aryl methyl sites for hydroxylation is 2. The van der Waals surface area contributed by atoms with Crippen LogP contribution in [0.5, 0.6) is 0 Å². The molecule has 0 aliphatic carbocycles. The van der Waals surface area contributed by atoms with Gasteiger partial charge in [-0.3, -0.25) is 0 Å². The van der Waals surface area contributed by atoms with Crippen molar-refractivity contribution in [2.75, 3.05) is 5.32 Å². The second-order valence-corrected chi connectivity index (χ2v) is 8.39. The van der Waals surface area contributed by atoms with Crippen molar-refractivity contribution < 1.29 is 9.67 Å². The topological polar surface area (TPSA) is 39.0 Å². The molecule has 0 aliphatic rings. The summed E-state index contributed by atoms with van der Waals surface area (Å²) in [5.74, 6) is -0.162. The molecule has 2 heterocycles. The van der Waals surface area contributed by atoms with Crippen LogP contribution >= 0.6 is 35.2 Å². The fourth-order valence-electron chi connectivity index (χ4n) is 2.69. The van der Waals surface area contributed by atoms with E-state index in [1.807, 2.05) is 63.5 Å². The van der Waals surface area contributed by atoms with Gasteiger partial charge < -0.3 is 10.4 Å². The molecule has 0 aliphatic heterocycles. The number of halogens is 1. The van der Waals surface area contributed by atoms with Gasteiger partial charge in [0, 0.05) is 22.2 Å². The summed E-state index contributed by atoms with van der Waals surface area (Å²) in [5.41, 5.74) is 4.57. The normalized spacial score (nSPS) is 11.9. The van der Waals surface area contributed by atoms with Crippen molar-refractivity contribution in [1.82, 2.24) is 0 Å². The van der Waals surface area contributed by atoms with Crippen molar-refractivity contribution in [3.63, 3.8) is 0 Å². The van der Waals surface area contributed by atoms with Gasteiger partial charge in [-0.25, -0.2) is 0 Å². The highest BCUT2D eigenvalue weighted by molar-refractivity contribution is 7.81. The summed E-state index contributed by atoms with van der Waals surface area (Å²) in [6.07, 6.45) is 3.71. The van der Waals surface area contributed by atoms with Crippen LogP contribution in [-0.4, -0.2) is 4.99 Å². The lowest BCUT2D eigenvalue weighted by molar-refractivity contribution is -0.578. The quantitative estimate of drug-likeness (QED) is 0.290. The number of hydrogen-bond acceptors (Lipinski definition) is 3. The van der Waals surface area contributed by atoms with Crippen molar-refractivity contribution >= 4 is 57.3 Å². The molecule has 1 N–H and O–H groups in total. The van der Waals surface area contributed by atoms with Crippen LogP contribution < -0.4 is 15.0 Å². The van der Waals surface area contributed by atoms with Crippen LogP contribution in [0, 0.1) is 20.8 Å². The second kappa shape index (κ2) is 8.21. The SMILES string of the molecule is Cc1ccc[n+](C(C(=S)Nc2cccc(C)c2C)=C([O-])c2ccc(Cl)s2)c1. The van der Waals surface area contributed by atoms with E-state index in [2.05, 4.69) is 5.32 Å². The molecule has 0 radical (unpaired) electrons. The molecule has 0 saturated heterocycles. The van der Waals surface area contributed by atoms with Gasteiger partial charge in [0.1, 0.15) is 0 Å². The molecule has 0 spiro atoms. The molecule has 6 heteroatoms. The minimum Gasteiger partial charge on any atom is -0.867 e. The van der Waals surface area contributed by atoms with Crippen molar-refractivity contribution in [2.45, 2.75) is 20.8 Å². The zero-order valence-electron chi connectivity index (χ0n) is 15.2. The first-order valence-corrected chi connectivity index (χ1v) is 10.00. The number of aromatic nitrogens is 1. The Bertz CT molecular complexity index is 1040. The van der Waals surface area contributed by atoms with E-state index in [4.69, 9.17) is 23.8 Å². The summed E-state index contributed by atoms with van der Waals surface area (Å²) >= 11 is 12.9. The van der Waals surface area contributed by atoms with Crippen LogP contribution in [0.2, 0.25) is 4.34 Å². The third-order valence-corrected chi connectivity index (χ3v) is 5.81. The Kier molecular flexibility index (Phi) is 5.95. The van der Waals surface area contributed by atoms with Gasteiger partial charge in [-0.15, -0.1) is 11.3 Å². The highest BCUT2D eigenvalue weighted by Gasteiger charge is 2.20. The Morgan fingerprint density at radius 2 is 1.89 bits per heavy atom. The number of pyridine rings is 1. The third-order valence-electron chi connectivity index (χ3n) is 4.29. The van der Waals surface area contributed by atoms with Crippen LogP contribution in [0.15, 0.2) is 54.9 Å².